The number of fused-ring (bicyclic) bond motifs is 1. The lowest BCUT2D eigenvalue weighted by atomic mass is 9.91. The number of aromatic nitrogens is 3. The lowest BCUT2D eigenvalue weighted by molar-refractivity contribution is -0.368. The van der Waals surface area contributed by atoms with E-state index in [1.807, 2.05) is 18.3 Å². The lowest BCUT2D eigenvalue weighted by Gasteiger charge is -2.21. The van der Waals surface area contributed by atoms with Crippen LogP contribution in [0.4, 0.5) is 38.3 Å². The number of amides is 2. The number of nitrogens with one attached hydrogen (secondary N) is 2. The highest BCUT2D eigenvalue weighted by molar-refractivity contribution is 5.91. The molecule has 1 atom stereocenters. The number of alkyl halides is 3. The molecule has 4 N–H and O–H groups in total. The zero-order valence-electron chi connectivity index (χ0n) is 22.1. The lowest BCUT2D eigenvalue weighted by Crippen LogP contribution is -2.31. The predicted molar refractivity (Wildman–Crippen MR) is 141 cm³/mol. The number of carbonyl (C=O) groups is 1. The van der Waals surface area contributed by atoms with Crippen LogP contribution < -0.4 is 21.5 Å². The number of carbonyl (C=O) groups excluding carboxylic acids is 1. The van der Waals surface area contributed by atoms with Gasteiger partial charge in [0.1, 0.15) is 23.5 Å². The van der Waals surface area contributed by atoms with E-state index < -0.39 is 41.0 Å². The van der Waals surface area contributed by atoms with Crippen molar-refractivity contribution in [2.24, 2.45) is 0 Å². The Labute approximate surface area is 232 Å². The smallest absolute Gasteiger partial charge is 0.416 e. The predicted octanol–water partition coefficient (Wildman–Crippen LogP) is 4.13. The molecule has 0 saturated carbocycles. The van der Waals surface area contributed by atoms with Gasteiger partial charge in [-0.05, 0) is 68.4 Å². The molecule has 0 bridgehead atoms. The van der Waals surface area contributed by atoms with Crippen molar-refractivity contribution in [3.63, 3.8) is 0 Å². The van der Waals surface area contributed by atoms with Gasteiger partial charge in [0.2, 0.25) is 0 Å². The summed E-state index contributed by atoms with van der Waals surface area (Å²) in [6.07, 6.45) is 0.815. The van der Waals surface area contributed by atoms with Crippen molar-refractivity contribution in [1.82, 2.24) is 24.8 Å². The van der Waals surface area contributed by atoms with E-state index in [4.69, 9.17) is 5.73 Å². The fourth-order valence-corrected chi connectivity index (χ4v) is 4.74. The van der Waals surface area contributed by atoms with Crippen molar-refractivity contribution >= 4 is 23.1 Å². The van der Waals surface area contributed by atoms with Gasteiger partial charge in [-0.25, -0.2) is 23.1 Å². The molecule has 4 rings (SSSR count). The standard InChI is InChI=1S/C27H29F5N7O2/c1-2-38(10-11-40)9-3-4-18-14-19(24-25(33)34-15-35-39(18)24)16-5-8-22(21(29)12-16)36-26(41)37-23-13-17(27(30,31)32)6-7-20(23)28/h5-8,13-16H,2-4,9-12H2,1H3,(H2,33,34,35)(H2,36,37,41)/q-1. The van der Waals surface area contributed by atoms with Gasteiger partial charge in [0.15, 0.2) is 5.82 Å². The van der Waals surface area contributed by atoms with Gasteiger partial charge < -0.3 is 26.4 Å². The van der Waals surface area contributed by atoms with E-state index in [9.17, 15) is 27.5 Å². The number of halogens is 5. The van der Waals surface area contributed by atoms with Crippen molar-refractivity contribution < 1.29 is 31.9 Å². The van der Waals surface area contributed by atoms with Gasteiger partial charge in [-0.2, -0.15) is 18.3 Å². The second-order valence-electron chi connectivity index (χ2n) is 9.50. The number of anilines is 2. The van der Waals surface area contributed by atoms with Crippen LogP contribution in [0.1, 0.15) is 42.5 Å². The van der Waals surface area contributed by atoms with Gasteiger partial charge >= 0.3 is 12.2 Å². The Balaban J connectivity index is 1.48. The topological polar surface area (TPSA) is 124 Å². The second-order valence-corrected chi connectivity index (χ2v) is 9.50. The maximum absolute atomic E-state index is 15.2. The van der Waals surface area contributed by atoms with Gasteiger partial charge in [0.25, 0.3) is 0 Å². The molecule has 0 saturated heterocycles. The molecular formula is C27H29F5N7O2-. The molecular weight excluding hydrogens is 549 g/mol. The second kappa shape index (κ2) is 12.6. The number of aryl methyl sites for hydroxylation is 1. The van der Waals surface area contributed by atoms with Crippen LogP contribution in [0.2, 0.25) is 0 Å². The van der Waals surface area contributed by atoms with E-state index in [0.29, 0.717) is 42.2 Å². The normalized spacial score (nSPS) is 15.7. The molecule has 0 radical (unpaired) electrons. The molecule has 0 aliphatic heterocycles. The van der Waals surface area contributed by atoms with Crippen LogP contribution in [0.3, 0.4) is 0 Å². The van der Waals surface area contributed by atoms with Crippen LogP contribution in [0, 0.1) is 5.82 Å². The fourth-order valence-electron chi connectivity index (χ4n) is 4.74. The van der Waals surface area contributed by atoms with E-state index in [-0.39, 0.29) is 24.5 Å². The molecule has 2 aromatic heterocycles. The Morgan fingerprint density at radius 2 is 2.00 bits per heavy atom. The SMILES string of the molecule is CCN(CC[O-])CCCc1cc(C2C=CC(NC(=O)Nc3cc(C(F)(F)F)ccc3F)=C(F)C2)c2c(N)ncnn12. The zero-order chi connectivity index (χ0) is 29.7. The third kappa shape index (κ3) is 7.00. The molecule has 1 aromatic carbocycles. The quantitative estimate of drug-likeness (QED) is 0.311. The number of benzene rings is 1. The van der Waals surface area contributed by atoms with Crippen LogP contribution in [-0.4, -0.2) is 51.8 Å². The van der Waals surface area contributed by atoms with E-state index >= 15 is 4.39 Å². The molecule has 2 heterocycles. The largest absolute Gasteiger partial charge is 0.854 e. The van der Waals surface area contributed by atoms with E-state index in [1.165, 1.54) is 12.4 Å². The van der Waals surface area contributed by atoms with E-state index in [1.54, 1.807) is 10.6 Å². The first-order valence-electron chi connectivity index (χ1n) is 12.9. The monoisotopic (exact) mass is 578 g/mol. The van der Waals surface area contributed by atoms with Gasteiger partial charge in [-0.15, -0.1) is 6.61 Å². The first-order valence-corrected chi connectivity index (χ1v) is 12.9. The van der Waals surface area contributed by atoms with Crippen molar-refractivity contribution in [2.45, 2.75) is 38.3 Å². The summed E-state index contributed by atoms with van der Waals surface area (Å²) >= 11 is 0. The molecule has 0 fully saturated rings. The Morgan fingerprint density at radius 3 is 2.68 bits per heavy atom. The fraction of sp³-hybridized carbons (Fsp3) is 0.370. The van der Waals surface area contributed by atoms with Crippen LogP contribution in [-0.2, 0) is 12.6 Å². The highest BCUT2D eigenvalue weighted by Crippen LogP contribution is 2.37. The Bertz CT molecular complexity index is 1470. The summed E-state index contributed by atoms with van der Waals surface area (Å²) in [6.45, 7) is 3.77. The number of allylic oxidation sites excluding steroid dienone is 3. The highest BCUT2D eigenvalue weighted by Gasteiger charge is 2.31. The maximum atomic E-state index is 15.2. The molecule has 1 aliphatic rings. The molecule has 1 unspecified atom stereocenters. The third-order valence-corrected chi connectivity index (χ3v) is 6.82. The molecule has 9 nitrogen and oxygen atoms in total. The molecule has 220 valence electrons. The average molecular weight is 579 g/mol. The molecule has 14 heteroatoms. The summed E-state index contributed by atoms with van der Waals surface area (Å²) in [5.74, 6) is -2.03. The van der Waals surface area contributed by atoms with Crippen LogP contribution in [0.25, 0.3) is 5.52 Å². The number of nitrogens with zero attached hydrogens (tertiary/aromatic N) is 4. The van der Waals surface area contributed by atoms with Crippen molar-refractivity contribution in [3.8, 4) is 0 Å². The number of urea groups is 1. The van der Waals surface area contributed by atoms with Gasteiger partial charge in [-0.1, -0.05) is 13.0 Å². The van der Waals surface area contributed by atoms with Crippen LogP contribution in [0.15, 0.2) is 54.3 Å². The average Bonchev–Trinajstić information content (AvgIpc) is 3.29. The number of nitrogens with two attached hydrogens (primary N) is 1. The minimum atomic E-state index is -4.73. The van der Waals surface area contributed by atoms with Crippen LogP contribution >= 0.6 is 0 Å². The summed E-state index contributed by atoms with van der Waals surface area (Å²) in [5, 5.41) is 19.5. The van der Waals surface area contributed by atoms with Gasteiger partial charge in [0, 0.05) is 18.0 Å². The number of nitrogen functional groups attached to an aromatic ring is 1. The van der Waals surface area contributed by atoms with Crippen molar-refractivity contribution in [3.05, 3.63) is 76.9 Å². The Hall–Kier alpha value is -4.04. The van der Waals surface area contributed by atoms with Crippen molar-refractivity contribution in [1.29, 1.82) is 0 Å². The molecule has 2 amide bonds. The number of hydrogen-bond donors (Lipinski definition) is 3. The Morgan fingerprint density at radius 1 is 1.22 bits per heavy atom. The van der Waals surface area contributed by atoms with E-state index in [0.717, 1.165) is 25.2 Å². The van der Waals surface area contributed by atoms with E-state index in [2.05, 4.69) is 20.3 Å². The van der Waals surface area contributed by atoms with Gasteiger partial charge in [0.05, 0.1) is 16.9 Å². The molecule has 0 spiro atoms. The van der Waals surface area contributed by atoms with Gasteiger partial charge in [-0.3, -0.25) is 0 Å². The summed E-state index contributed by atoms with van der Waals surface area (Å²) in [4.78, 5) is 18.5. The molecule has 3 aromatic rings. The summed E-state index contributed by atoms with van der Waals surface area (Å²) in [6, 6.07) is 2.37. The Kier molecular flexibility index (Phi) is 9.23. The highest BCUT2D eigenvalue weighted by atomic mass is 19.4. The summed E-state index contributed by atoms with van der Waals surface area (Å²) in [5.41, 5.74) is 6.16. The third-order valence-electron chi connectivity index (χ3n) is 6.82. The summed E-state index contributed by atoms with van der Waals surface area (Å²) in [7, 11) is 0. The minimum absolute atomic E-state index is 0.148. The maximum Gasteiger partial charge on any atom is 0.416 e. The number of likely N-dealkylation sites (N-methyl/N-ethyl adjacent to an activating group) is 1. The zero-order valence-corrected chi connectivity index (χ0v) is 22.1. The number of rotatable bonds is 10. The number of hydrogen-bond acceptors (Lipinski definition) is 6. The summed E-state index contributed by atoms with van der Waals surface area (Å²) < 4.78 is 69.7. The van der Waals surface area contributed by atoms with Crippen molar-refractivity contribution in [2.75, 3.05) is 37.3 Å². The molecule has 1 aliphatic carbocycles. The molecule has 41 heavy (non-hydrogen) atoms. The van der Waals surface area contributed by atoms with Crippen LogP contribution in [0.5, 0.6) is 0 Å². The first kappa shape index (κ1) is 29.9. The minimum Gasteiger partial charge on any atom is -0.854 e. The first-order chi connectivity index (χ1) is 19.5.